The van der Waals surface area contributed by atoms with Gasteiger partial charge in [-0.1, -0.05) is 26.0 Å². The molecule has 0 saturated heterocycles. The quantitative estimate of drug-likeness (QED) is 0.400. The summed E-state index contributed by atoms with van der Waals surface area (Å²) >= 11 is 0. The Balaban J connectivity index is 0.000000982. The molecule has 0 radical (unpaired) electrons. The summed E-state index contributed by atoms with van der Waals surface area (Å²) in [6, 6.07) is 9.92. The van der Waals surface area contributed by atoms with Gasteiger partial charge in [-0.2, -0.15) is 0 Å². The maximum atomic E-state index is 14.4. The minimum atomic E-state index is -0.565. The molecule has 3 rings (SSSR count). The van der Waals surface area contributed by atoms with Crippen LogP contribution >= 0.6 is 0 Å². The Morgan fingerprint density at radius 3 is 2.19 bits per heavy atom. The van der Waals surface area contributed by atoms with Crippen molar-refractivity contribution in [2.24, 2.45) is 7.05 Å². The van der Waals surface area contributed by atoms with E-state index in [1.165, 1.54) is 55.9 Å². The smallest absolute Gasteiger partial charge is 0.258 e. The summed E-state index contributed by atoms with van der Waals surface area (Å²) in [5.41, 5.74) is 0.502. The highest BCUT2D eigenvalue weighted by atomic mass is 19.1. The van der Waals surface area contributed by atoms with Crippen molar-refractivity contribution in [3.05, 3.63) is 81.1 Å². The maximum absolute atomic E-state index is 14.4. The molecule has 0 unspecified atom stereocenters. The van der Waals surface area contributed by atoms with Crippen LogP contribution in [0.1, 0.15) is 35.3 Å². The summed E-state index contributed by atoms with van der Waals surface area (Å²) in [6.45, 7) is 7.01. The van der Waals surface area contributed by atoms with E-state index in [2.05, 4.69) is 10.6 Å². The van der Waals surface area contributed by atoms with Crippen LogP contribution in [0, 0.1) is 25.5 Å². The number of aliphatic hydroxyl groups is 2. The first-order chi connectivity index (χ1) is 17.1. The van der Waals surface area contributed by atoms with Gasteiger partial charge >= 0.3 is 0 Å². The van der Waals surface area contributed by atoms with E-state index in [1.54, 1.807) is 13.0 Å². The van der Waals surface area contributed by atoms with Gasteiger partial charge in [0.1, 0.15) is 34.5 Å². The van der Waals surface area contributed by atoms with Crippen molar-refractivity contribution in [1.82, 2.24) is 9.88 Å². The minimum Gasteiger partial charge on any atom is -0.456 e. The number of carbonyl (C=O) groups excluding carboxylic acids is 1. The normalized spacial score (nSPS) is 9.83. The van der Waals surface area contributed by atoms with Crippen LogP contribution in [0.2, 0.25) is 0 Å². The van der Waals surface area contributed by atoms with Gasteiger partial charge in [-0.15, -0.1) is 0 Å². The Morgan fingerprint density at radius 2 is 1.64 bits per heavy atom. The Morgan fingerprint density at radius 1 is 1.00 bits per heavy atom. The molecule has 0 saturated carbocycles. The van der Waals surface area contributed by atoms with Gasteiger partial charge in [0.2, 0.25) is 0 Å². The minimum absolute atomic E-state index is 0.0248. The zero-order valence-corrected chi connectivity index (χ0v) is 21.3. The highest BCUT2D eigenvalue weighted by Crippen LogP contribution is 2.33. The highest BCUT2D eigenvalue weighted by Gasteiger charge is 2.23. The molecule has 1 heterocycles. The molecule has 4 N–H and O–H groups in total. The van der Waals surface area contributed by atoms with Gasteiger partial charge in [0.05, 0.1) is 18.9 Å². The standard InChI is InChI=1S/C22H21F2N3O3.C2H6O2.C2H6/c1-12-8-9-16(15(24)10-12)26-21-20(22(29)25-3)18(11-19(28)27(21)4)30-17-7-5-6-14(23)13(17)2;3-1-2-4;1-2/h5-11,26H,1-4H3,(H,25,29);3-4H,1-2H2;1-2H3. The van der Waals surface area contributed by atoms with Gasteiger partial charge in [-0.05, 0) is 43.7 Å². The van der Waals surface area contributed by atoms with Gasteiger partial charge in [0.15, 0.2) is 0 Å². The number of nitrogens with one attached hydrogen (secondary N) is 2. The topological polar surface area (TPSA) is 113 Å². The van der Waals surface area contributed by atoms with Crippen LogP contribution in [0.5, 0.6) is 11.5 Å². The van der Waals surface area contributed by atoms with Crippen molar-refractivity contribution < 1.29 is 28.5 Å². The summed E-state index contributed by atoms with van der Waals surface area (Å²) in [5, 5.41) is 20.6. The highest BCUT2D eigenvalue weighted by molar-refractivity contribution is 6.02. The Labute approximate surface area is 209 Å². The fourth-order valence-corrected chi connectivity index (χ4v) is 2.91. The second-order valence-electron chi connectivity index (χ2n) is 7.23. The van der Waals surface area contributed by atoms with Gasteiger partial charge in [-0.25, -0.2) is 8.78 Å². The first-order valence-corrected chi connectivity index (χ1v) is 11.3. The van der Waals surface area contributed by atoms with Gasteiger partial charge in [0.25, 0.3) is 11.5 Å². The first-order valence-electron chi connectivity index (χ1n) is 11.3. The van der Waals surface area contributed by atoms with E-state index < -0.39 is 23.1 Å². The molecule has 0 aliphatic rings. The van der Waals surface area contributed by atoms with Crippen LogP contribution in [0.25, 0.3) is 0 Å². The lowest BCUT2D eigenvalue weighted by Crippen LogP contribution is -2.27. The molecule has 2 aromatic carbocycles. The van der Waals surface area contributed by atoms with Crippen molar-refractivity contribution >= 4 is 17.4 Å². The number of aryl methyl sites for hydroxylation is 1. The number of halogens is 2. The molecule has 1 amide bonds. The number of aromatic nitrogens is 1. The third-order valence-electron chi connectivity index (χ3n) is 4.77. The van der Waals surface area contributed by atoms with Crippen LogP contribution in [-0.2, 0) is 7.05 Å². The van der Waals surface area contributed by atoms with E-state index in [0.717, 1.165) is 11.6 Å². The number of ether oxygens (including phenoxy) is 1. The fraction of sp³-hybridized carbons (Fsp3) is 0.308. The number of carbonyl (C=O) groups is 1. The number of pyridine rings is 1. The first kappa shape index (κ1) is 30.3. The van der Waals surface area contributed by atoms with Gasteiger partial charge in [0, 0.05) is 25.7 Å². The molecule has 0 aliphatic heterocycles. The van der Waals surface area contributed by atoms with Crippen LogP contribution in [0.3, 0.4) is 0 Å². The Hall–Kier alpha value is -3.76. The molecule has 0 aliphatic carbocycles. The number of benzene rings is 2. The fourth-order valence-electron chi connectivity index (χ4n) is 2.91. The maximum Gasteiger partial charge on any atom is 0.258 e. The predicted octanol–water partition coefficient (Wildman–Crippen LogP) is 4.17. The third kappa shape index (κ3) is 7.62. The summed E-state index contributed by atoms with van der Waals surface area (Å²) in [4.78, 5) is 25.2. The summed E-state index contributed by atoms with van der Waals surface area (Å²) in [5.74, 6) is -1.49. The number of aliphatic hydroxyl groups excluding tert-OH is 2. The summed E-state index contributed by atoms with van der Waals surface area (Å²) in [6.07, 6.45) is 0. The zero-order valence-electron chi connectivity index (χ0n) is 21.3. The molecule has 0 bridgehead atoms. The second-order valence-corrected chi connectivity index (χ2v) is 7.23. The van der Waals surface area contributed by atoms with Crippen molar-refractivity contribution in [2.45, 2.75) is 27.7 Å². The molecule has 8 nitrogen and oxygen atoms in total. The molecule has 0 spiro atoms. The van der Waals surface area contributed by atoms with Crippen LogP contribution in [0.4, 0.5) is 20.3 Å². The van der Waals surface area contributed by atoms with Gasteiger partial charge < -0.3 is 25.6 Å². The molecular formula is C26H33F2N3O5. The monoisotopic (exact) mass is 505 g/mol. The third-order valence-corrected chi connectivity index (χ3v) is 4.77. The average Bonchev–Trinajstić information content (AvgIpc) is 2.87. The van der Waals surface area contributed by atoms with E-state index in [0.29, 0.717) is 0 Å². The van der Waals surface area contributed by atoms with Crippen LogP contribution in [0.15, 0.2) is 47.3 Å². The molecule has 10 heteroatoms. The van der Waals surface area contributed by atoms with E-state index in [9.17, 15) is 18.4 Å². The van der Waals surface area contributed by atoms with E-state index in [-0.39, 0.29) is 47.3 Å². The predicted molar refractivity (Wildman–Crippen MR) is 136 cm³/mol. The summed E-state index contributed by atoms with van der Waals surface area (Å²) < 4.78 is 35.3. The Bertz CT molecular complexity index is 1230. The number of amides is 1. The average molecular weight is 506 g/mol. The van der Waals surface area contributed by atoms with Crippen molar-refractivity contribution in [1.29, 1.82) is 0 Å². The Kier molecular flexibility index (Phi) is 12.3. The number of hydrogen-bond acceptors (Lipinski definition) is 6. The van der Waals surface area contributed by atoms with Crippen molar-refractivity contribution in [3.8, 4) is 11.5 Å². The van der Waals surface area contributed by atoms with Crippen molar-refractivity contribution in [3.63, 3.8) is 0 Å². The number of hydrogen-bond donors (Lipinski definition) is 4. The molecule has 0 atom stereocenters. The van der Waals surface area contributed by atoms with E-state index in [1.807, 2.05) is 13.8 Å². The second kappa shape index (κ2) is 14.6. The number of rotatable bonds is 6. The lowest BCUT2D eigenvalue weighted by atomic mass is 10.1. The van der Waals surface area contributed by atoms with E-state index in [4.69, 9.17) is 14.9 Å². The van der Waals surface area contributed by atoms with Gasteiger partial charge in [-0.3, -0.25) is 14.2 Å². The molecule has 3 aromatic rings. The number of anilines is 2. The molecule has 0 fully saturated rings. The largest absolute Gasteiger partial charge is 0.456 e. The zero-order chi connectivity index (χ0) is 27.4. The lowest BCUT2D eigenvalue weighted by Gasteiger charge is -2.19. The SMILES string of the molecule is CC.CNC(=O)c1c(Oc2cccc(F)c2C)cc(=O)n(C)c1Nc1ccc(C)cc1F.OCCO. The van der Waals surface area contributed by atoms with Crippen molar-refractivity contribution in [2.75, 3.05) is 25.6 Å². The molecule has 196 valence electrons. The van der Waals surface area contributed by atoms with Crippen LogP contribution < -0.4 is 20.9 Å². The number of nitrogens with zero attached hydrogens (tertiary/aromatic N) is 1. The van der Waals surface area contributed by atoms with Crippen LogP contribution in [-0.4, -0.2) is 40.9 Å². The molecule has 1 aromatic heterocycles. The van der Waals surface area contributed by atoms with E-state index >= 15 is 0 Å². The molecule has 36 heavy (non-hydrogen) atoms. The molecular weight excluding hydrogens is 472 g/mol. The summed E-state index contributed by atoms with van der Waals surface area (Å²) in [7, 11) is 2.86. The lowest BCUT2D eigenvalue weighted by molar-refractivity contribution is 0.0961.